The minimum Gasteiger partial charge on any atom is -0.330 e. The lowest BCUT2D eigenvalue weighted by Crippen LogP contribution is -2.29. The van der Waals surface area contributed by atoms with E-state index < -0.39 is 0 Å². The summed E-state index contributed by atoms with van der Waals surface area (Å²) in [6.07, 6.45) is 2.35. The van der Waals surface area contributed by atoms with Crippen molar-refractivity contribution in [1.82, 2.24) is 5.32 Å². The highest BCUT2D eigenvalue weighted by Crippen LogP contribution is 2.17. The van der Waals surface area contributed by atoms with E-state index in [1.54, 1.807) is 0 Å². The molecule has 1 heterocycles. The van der Waals surface area contributed by atoms with Gasteiger partial charge in [0.25, 0.3) is 0 Å². The number of thiophene rings is 1. The molecule has 3 heteroatoms. The first kappa shape index (κ1) is 14.7. The summed E-state index contributed by atoms with van der Waals surface area (Å²) in [6, 6.07) is 2.23. The third kappa shape index (κ3) is 5.19. The molecule has 17 heavy (non-hydrogen) atoms. The average molecular weight is 254 g/mol. The Kier molecular flexibility index (Phi) is 6.78. The monoisotopic (exact) mass is 254 g/mol. The second-order valence-corrected chi connectivity index (χ2v) is 6.09. The van der Waals surface area contributed by atoms with Crippen LogP contribution in [0.1, 0.15) is 37.6 Å². The molecule has 1 unspecified atom stereocenters. The van der Waals surface area contributed by atoms with Crippen LogP contribution in [0, 0.1) is 11.8 Å². The van der Waals surface area contributed by atoms with E-state index >= 15 is 0 Å². The highest BCUT2D eigenvalue weighted by molar-refractivity contribution is 7.10. The van der Waals surface area contributed by atoms with Crippen LogP contribution < -0.4 is 11.1 Å². The molecule has 2 nitrogen and oxygen atoms in total. The van der Waals surface area contributed by atoms with Gasteiger partial charge in [-0.2, -0.15) is 0 Å². The normalized spacial score (nSPS) is 13.2. The lowest BCUT2D eigenvalue weighted by atomic mass is 9.97. The van der Waals surface area contributed by atoms with Crippen LogP contribution in [-0.2, 0) is 13.0 Å². The van der Waals surface area contributed by atoms with Gasteiger partial charge in [0.05, 0.1) is 0 Å². The standard InChI is InChI=1S/C14H26N2S/c1-4-13-5-6-17-14(13)10-16-9-12(8-15)7-11(2)3/h5-6,11-12,16H,4,7-10,15H2,1-3H3. The first-order chi connectivity index (χ1) is 8.17. The Morgan fingerprint density at radius 2 is 2.18 bits per heavy atom. The second-order valence-electron chi connectivity index (χ2n) is 5.08. The average Bonchev–Trinajstić information content (AvgIpc) is 2.74. The van der Waals surface area contributed by atoms with Crippen LogP contribution in [0.4, 0.5) is 0 Å². The largest absolute Gasteiger partial charge is 0.330 e. The van der Waals surface area contributed by atoms with Crippen LogP contribution in [-0.4, -0.2) is 13.1 Å². The second kappa shape index (κ2) is 7.85. The molecule has 1 aromatic rings. The summed E-state index contributed by atoms with van der Waals surface area (Å²) in [5.41, 5.74) is 7.28. The van der Waals surface area contributed by atoms with E-state index in [2.05, 4.69) is 37.5 Å². The number of nitrogens with two attached hydrogens (primary N) is 1. The molecule has 0 aliphatic rings. The number of aryl methyl sites for hydroxylation is 1. The Bertz CT molecular complexity index is 307. The number of hydrogen-bond donors (Lipinski definition) is 2. The molecule has 0 saturated heterocycles. The smallest absolute Gasteiger partial charge is 0.0302 e. The van der Waals surface area contributed by atoms with Gasteiger partial charge in [0.15, 0.2) is 0 Å². The lowest BCUT2D eigenvalue weighted by molar-refractivity contribution is 0.394. The van der Waals surface area contributed by atoms with Crippen molar-refractivity contribution in [2.75, 3.05) is 13.1 Å². The molecule has 0 aromatic carbocycles. The molecule has 1 atom stereocenters. The van der Waals surface area contributed by atoms with E-state index in [-0.39, 0.29) is 0 Å². The Balaban J connectivity index is 2.31. The lowest BCUT2D eigenvalue weighted by Gasteiger charge is -2.17. The van der Waals surface area contributed by atoms with Gasteiger partial charge in [0.1, 0.15) is 0 Å². The van der Waals surface area contributed by atoms with Gasteiger partial charge in [0, 0.05) is 11.4 Å². The van der Waals surface area contributed by atoms with Crippen molar-refractivity contribution in [2.45, 2.75) is 40.2 Å². The first-order valence-electron chi connectivity index (χ1n) is 6.63. The van der Waals surface area contributed by atoms with Gasteiger partial charge >= 0.3 is 0 Å². The molecule has 0 radical (unpaired) electrons. The molecule has 0 bridgehead atoms. The summed E-state index contributed by atoms with van der Waals surface area (Å²) >= 11 is 1.85. The summed E-state index contributed by atoms with van der Waals surface area (Å²) < 4.78 is 0. The zero-order valence-corrected chi connectivity index (χ0v) is 12.1. The molecular weight excluding hydrogens is 228 g/mol. The van der Waals surface area contributed by atoms with Crippen molar-refractivity contribution < 1.29 is 0 Å². The number of nitrogens with one attached hydrogen (secondary N) is 1. The molecule has 0 saturated carbocycles. The number of rotatable bonds is 8. The fourth-order valence-electron chi connectivity index (χ4n) is 2.16. The first-order valence-corrected chi connectivity index (χ1v) is 7.51. The predicted molar refractivity (Wildman–Crippen MR) is 77.4 cm³/mol. The Morgan fingerprint density at radius 1 is 1.41 bits per heavy atom. The molecule has 3 N–H and O–H groups in total. The minimum absolute atomic E-state index is 0.611. The zero-order valence-electron chi connectivity index (χ0n) is 11.3. The summed E-state index contributed by atoms with van der Waals surface area (Å²) in [6.45, 7) is 9.56. The van der Waals surface area contributed by atoms with Crippen molar-refractivity contribution in [1.29, 1.82) is 0 Å². The van der Waals surface area contributed by atoms with Crippen LogP contribution in [0.5, 0.6) is 0 Å². The van der Waals surface area contributed by atoms with E-state index in [1.165, 1.54) is 16.9 Å². The third-order valence-electron chi connectivity index (χ3n) is 3.08. The van der Waals surface area contributed by atoms with Gasteiger partial charge in [-0.05, 0) is 54.8 Å². The Morgan fingerprint density at radius 3 is 2.76 bits per heavy atom. The van der Waals surface area contributed by atoms with Crippen molar-refractivity contribution in [3.8, 4) is 0 Å². The van der Waals surface area contributed by atoms with Crippen LogP contribution in [0.15, 0.2) is 11.4 Å². The van der Waals surface area contributed by atoms with Crippen molar-refractivity contribution in [3.63, 3.8) is 0 Å². The third-order valence-corrected chi connectivity index (χ3v) is 4.04. The van der Waals surface area contributed by atoms with Crippen LogP contribution >= 0.6 is 11.3 Å². The van der Waals surface area contributed by atoms with Crippen LogP contribution in [0.2, 0.25) is 0 Å². The molecular formula is C14H26N2S. The zero-order chi connectivity index (χ0) is 12.7. The van der Waals surface area contributed by atoms with Gasteiger partial charge < -0.3 is 11.1 Å². The maximum absolute atomic E-state index is 5.80. The van der Waals surface area contributed by atoms with Gasteiger partial charge in [0.2, 0.25) is 0 Å². The maximum Gasteiger partial charge on any atom is 0.0302 e. The quantitative estimate of drug-likeness (QED) is 0.748. The van der Waals surface area contributed by atoms with Crippen molar-refractivity contribution in [3.05, 3.63) is 21.9 Å². The molecule has 0 aliphatic carbocycles. The van der Waals surface area contributed by atoms with Crippen molar-refractivity contribution >= 4 is 11.3 Å². The topological polar surface area (TPSA) is 38.0 Å². The Labute approximate surface area is 110 Å². The van der Waals surface area contributed by atoms with Crippen molar-refractivity contribution in [2.24, 2.45) is 17.6 Å². The minimum atomic E-state index is 0.611. The highest BCUT2D eigenvalue weighted by atomic mass is 32.1. The van der Waals surface area contributed by atoms with Crippen LogP contribution in [0.3, 0.4) is 0 Å². The SMILES string of the molecule is CCc1ccsc1CNCC(CN)CC(C)C. The van der Waals surface area contributed by atoms with Gasteiger partial charge in [-0.3, -0.25) is 0 Å². The van der Waals surface area contributed by atoms with E-state index in [4.69, 9.17) is 5.73 Å². The molecule has 98 valence electrons. The Hall–Kier alpha value is -0.380. The maximum atomic E-state index is 5.80. The molecule has 1 rings (SSSR count). The van der Waals surface area contributed by atoms with E-state index in [0.29, 0.717) is 5.92 Å². The molecule has 0 fully saturated rings. The van der Waals surface area contributed by atoms with Gasteiger partial charge in [-0.1, -0.05) is 20.8 Å². The summed E-state index contributed by atoms with van der Waals surface area (Å²) in [7, 11) is 0. The predicted octanol–water partition coefficient (Wildman–Crippen LogP) is 3.02. The van der Waals surface area contributed by atoms with E-state index in [0.717, 1.165) is 32.0 Å². The molecule has 0 amide bonds. The summed E-state index contributed by atoms with van der Waals surface area (Å²) in [5, 5.41) is 5.73. The molecule has 0 aliphatic heterocycles. The van der Waals surface area contributed by atoms with E-state index in [1.807, 2.05) is 11.3 Å². The summed E-state index contributed by atoms with van der Waals surface area (Å²) in [5.74, 6) is 1.35. The summed E-state index contributed by atoms with van der Waals surface area (Å²) in [4.78, 5) is 1.48. The molecule has 0 spiro atoms. The number of hydrogen-bond acceptors (Lipinski definition) is 3. The molecule has 1 aromatic heterocycles. The highest BCUT2D eigenvalue weighted by Gasteiger charge is 2.09. The van der Waals surface area contributed by atoms with Gasteiger partial charge in [-0.25, -0.2) is 0 Å². The van der Waals surface area contributed by atoms with E-state index in [9.17, 15) is 0 Å². The van der Waals surface area contributed by atoms with Gasteiger partial charge in [-0.15, -0.1) is 11.3 Å². The fourth-order valence-corrected chi connectivity index (χ4v) is 3.10. The fraction of sp³-hybridized carbons (Fsp3) is 0.714. The van der Waals surface area contributed by atoms with Crippen LogP contribution in [0.25, 0.3) is 0 Å².